The normalized spacial score (nSPS) is 11.8. The number of aryl methyl sites for hydroxylation is 1. The summed E-state index contributed by atoms with van der Waals surface area (Å²) in [5.41, 5.74) is 8.28. The van der Waals surface area contributed by atoms with Crippen LogP contribution in [-0.2, 0) is 9.53 Å². The Hall–Kier alpha value is -1.66. The molecule has 6 heteroatoms. The lowest BCUT2D eigenvalue weighted by atomic mass is 10.1. The van der Waals surface area contributed by atoms with Gasteiger partial charge in [-0.3, -0.25) is 4.79 Å². The van der Waals surface area contributed by atoms with Gasteiger partial charge in [0.05, 0.1) is 6.61 Å². The maximum absolute atomic E-state index is 11.9. The van der Waals surface area contributed by atoms with E-state index >= 15 is 0 Å². The standard InChI is InChI=1S/C14H21N3O2S/c1-9-4-5-12(11(8-9)13(15)20)17-10(2)14(18)16-6-7-19-3/h4-5,8,10,17H,6-7H2,1-3H3,(H2,15,20)(H,16,18). The van der Waals surface area contributed by atoms with Crippen molar-refractivity contribution in [3.63, 3.8) is 0 Å². The van der Waals surface area contributed by atoms with Crippen LogP contribution in [0, 0.1) is 6.92 Å². The molecule has 0 fully saturated rings. The number of nitrogens with one attached hydrogen (secondary N) is 2. The molecule has 110 valence electrons. The lowest BCUT2D eigenvalue weighted by Gasteiger charge is -2.18. The first-order valence-corrected chi connectivity index (χ1v) is 6.80. The first kappa shape index (κ1) is 16.4. The lowest BCUT2D eigenvalue weighted by molar-refractivity contribution is -0.121. The van der Waals surface area contributed by atoms with Gasteiger partial charge in [0, 0.05) is 24.9 Å². The van der Waals surface area contributed by atoms with Gasteiger partial charge >= 0.3 is 0 Å². The number of thiocarbonyl (C=S) groups is 1. The molecule has 0 aromatic heterocycles. The molecular weight excluding hydrogens is 274 g/mol. The number of methoxy groups -OCH3 is 1. The summed E-state index contributed by atoms with van der Waals surface area (Å²) in [5, 5.41) is 5.90. The minimum Gasteiger partial charge on any atom is -0.389 e. The second-order valence-corrected chi connectivity index (χ2v) is 5.00. The fourth-order valence-corrected chi connectivity index (χ4v) is 1.88. The first-order chi connectivity index (χ1) is 9.45. The molecule has 0 aliphatic carbocycles. The van der Waals surface area contributed by atoms with Crippen LogP contribution in [-0.4, -0.2) is 37.2 Å². The van der Waals surface area contributed by atoms with E-state index in [4.69, 9.17) is 22.7 Å². The van der Waals surface area contributed by atoms with E-state index in [0.29, 0.717) is 18.1 Å². The average molecular weight is 295 g/mol. The SMILES string of the molecule is COCCNC(=O)C(C)Nc1ccc(C)cc1C(N)=S. The highest BCUT2D eigenvalue weighted by atomic mass is 32.1. The zero-order valence-corrected chi connectivity index (χ0v) is 12.8. The zero-order valence-electron chi connectivity index (χ0n) is 12.0. The Bertz CT molecular complexity index is 491. The van der Waals surface area contributed by atoms with Crippen molar-refractivity contribution < 1.29 is 9.53 Å². The van der Waals surface area contributed by atoms with Gasteiger partial charge in [-0.05, 0) is 26.0 Å². The third kappa shape index (κ3) is 4.79. The van der Waals surface area contributed by atoms with Crippen molar-refractivity contribution in [2.75, 3.05) is 25.6 Å². The summed E-state index contributed by atoms with van der Waals surface area (Å²) in [7, 11) is 1.59. The molecule has 0 bridgehead atoms. The molecule has 1 aromatic carbocycles. The molecule has 1 amide bonds. The van der Waals surface area contributed by atoms with Crippen LogP contribution in [0.4, 0.5) is 5.69 Å². The van der Waals surface area contributed by atoms with Gasteiger partial charge in [0.15, 0.2) is 0 Å². The van der Waals surface area contributed by atoms with Crippen LogP contribution >= 0.6 is 12.2 Å². The molecule has 1 aromatic rings. The molecule has 1 unspecified atom stereocenters. The van der Waals surface area contributed by atoms with Crippen LogP contribution < -0.4 is 16.4 Å². The minimum absolute atomic E-state index is 0.100. The Labute approximate surface area is 124 Å². The largest absolute Gasteiger partial charge is 0.389 e. The summed E-state index contributed by atoms with van der Waals surface area (Å²) in [6.07, 6.45) is 0. The van der Waals surface area contributed by atoms with Gasteiger partial charge in [0.25, 0.3) is 0 Å². The van der Waals surface area contributed by atoms with Crippen LogP contribution in [0.25, 0.3) is 0 Å². The van der Waals surface area contributed by atoms with Crippen molar-refractivity contribution in [3.05, 3.63) is 29.3 Å². The molecule has 0 spiro atoms. The van der Waals surface area contributed by atoms with Crippen molar-refractivity contribution in [1.29, 1.82) is 0 Å². The van der Waals surface area contributed by atoms with Crippen molar-refractivity contribution in [2.45, 2.75) is 19.9 Å². The third-order valence-corrected chi connectivity index (χ3v) is 3.03. The monoisotopic (exact) mass is 295 g/mol. The summed E-state index contributed by atoms with van der Waals surface area (Å²) in [4.78, 5) is 12.2. The van der Waals surface area contributed by atoms with Crippen LogP contribution in [0.5, 0.6) is 0 Å². The predicted molar refractivity (Wildman–Crippen MR) is 85.0 cm³/mol. The van der Waals surface area contributed by atoms with E-state index in [0.717, 1.165) is 16.8 Å². The minimum atomic E-state index is -0.386. The van der Waals surface area contributed by atoms with E-state index in [1.165, 1.54) is 0 Å². The highest BCUT2D eigenvalue weighted by Crippen LogP contribution is 2.18. The number of amides is 1. The smallest absolute Gasteiger partial charge is 0.242 e. The average Bonchev–Trinajstić information content (AvgIpc) is 2.40. The second-order valence-electron chi connectivity index (χ2n) is 4.56. The van der Waals surface area contributed by atoms with Crippen LogP contribution in [0.2, 0.25) is 0 Å². The summed E-state index contributed by atoms with van der Waals surface area (Å²) >= 11 is 5.03. The van der Waals surface area contributed by atoms with E-state index in [2.05, 4.69) is 10.6 Å². The number of hydrogen-bond acceptors (Lipinski definition) is 4. The molecule has 4 N–H and O–H groups in total. The summed E-state index contributed by atoms with van der Waals surface area (Å²) < 4.78 is 4.89. The first-order valence-electron chi connectivity index (χ1n) is 6.39. The summed E-state index contributed by atoms with van der Waals surface area (Å²) in [6, 6.07) is 5.34. The summed E-state index contributed by atoms with van der Waals surface area (Å²) in [6.45, 7) is 4.72. The van der Waals surface area contributed by atoms with Gasteiger partial charge in [-0.15, -0.1) is 0 Å². The quantitative estimate of drug-likeness (QED) is 0.520. The third-order valence-electron chi connectivity index (χ3n) is 2.81. The van der Waals surface area contributed by atoms with Gasteiger partial charge in [0.2, 0.25) is 5.91 Å². The van der Waals surface area contributed by atoms with Crippen molar-refractivity contribution in [1.82, 2.24) is 5.32 Å². The fraction of sp³-hybridized carbons (Fsp3) is 0.429. The Morgan fingerprint density at radius 2 is 2.20 bits per heavy atom. The van der Waals surface area contributed by atoms with E-state index in [-0.39, 0.29) is 11.9 Å². The predicted octanol–water partition coefficient (Wildman–Crippen LogP) is 1.19. The molecule has 5 nitrogen and oxygen atoms in total. The molecule has 0 saturated carbocycles. The molecule has 0 radical (unpaired) electrons. The number of rotatable bonds is 7. The molecule has 0 heterocycles. The zero-order chi connectivity index (χ0) is 15.1. The van der Waals surface area contributed by atoms with Gasteiger partial charge in [-0.2, -0.15) is 0 Å². The van der Waals surface area contributed by atoms with E-state index < -0.39 is 0 Å². The second kappa shape index (κ2) is 7.81. The van der Waals surface area contributed by atoms with E-state index in [1.54, 1.807) is 14.0 Å². The number of nitrogens with two attached hydrogens (primary N) is 1. The molecule has 1 rings (SSSR count). The highest BCUT2D eigenvalue weighted by Gasteiger charge is 2.14. The van der Waals surface area contributed by atoms with Gasteiger partial charge in [-0.25, -0.2) is 0 Å². The number of carbonyl (C=O) groups is 1. The van der Waals surface area contributed by atoms with Gasteiger partial charge < -0.3 is 21.1 Å². The Balaban J connectivity index is 2.72. The number of hydrogen-bond donors (Lipinski definition) is 3. The van der Waals surface area contributed by atoms with Gasteiger partial charge in [-0.1, -0.05) is 23.8 Å². The maximum Gasteiger partial charge on any atom is 0.242 e. The fourth-order valence-electron chi connectivity index (χ4n) is 1.72. The molecular formula is C14H21N3O2S. The van der Waals surface area contributed by atoms with E-state index in [1.807, 2.05) is 25.1 Å². The van der Waals surface area contributed by atoms with Crippen LogP contribution in [0.15, 0.2) is 18.2 Å². The molecule has 1 atom stereocenters. The number of carbonyl (C=O) groups excluding carboxylic acids is 1. The lowest BCUT2D eigenvalue weighted by Crippen LogP contribution is -2.39. The number of ether oxygens (including phenoxy) is 1. The van der Waals surface area contributed by atoms with Crippen molar-refractivity contribution >= 4 is 28.8 Å². The van der Waals surface area contributed by atoms with Crippen LogP contribution in [0.1, 0.15) is 18.1 Å². The molecule has 0 saturated heterocycles. The molecule has 20 heavy (non-hydrogen) atoms. The van der Waals surface area contributed by atoms with Gasteiger partial charge in [0.1, 0.15) is 11.0 Å². The van der Waals surface area contributed by atoms with Crippen molar-refractivity contribution in [2.24, 2.45) is 5.73 Å². The van der Waals surface area contributed by atoms with Crippen molar-refractivity contribution in [3.8, 4) is 0 Å². The van der Waals surface area contributed by atoms with E-state index in [9.17, 15) is 4.79 Å². The van der Waals surface area contributed by atoms with Crippen LogP contribution in [0.3, 0.4) is 0 Å². The highest BCUT2D eigenvalue weighted by molar-refractivity contribution is 7.80. The number of benzene rings is 1. The topological polar surface area (TPSA) is 76.4 Å². The maximum atomic E-state index is 11.9. The number of anilines is 1. The summed E-state index contributed by atoms with van der Waals surface area (Å²) in [5.74, 6) is -0.100. The molecule has 0 aliphatic rings. The Morgan fingerprint density at radius 3 is 2.80 bits per heavy atom. The Kier molecular flexibility index (Phi) is 6.41. The Morgan fingerprint density at radius 1 is 1.50 bits per heavy atom. The molecule has 0 aliphatic heterocycles.